The SMILES string of the molecule is CCc1cccc(CC)c1-c1cc(Oc2cc(OC)cc(OC)c2)c(CN2CCc3ccccc3C2)c(C)n1. The van der Waals surface area contributed by atoms with Gasteiger partial charge in [0.1, 0.15) is 23.0 Å². The van der Waals surface area contributed by atoms with E-state index in [9.17, 15) is 0 Å². The van der Waals surface area contributed by atoms with Crippen molar-refractivity contribution in [3.05, 3.63) is 100 Å². The molecule has 0 saturated carbocycles. The predicted octanol–water partition coefficient (Wildman–Crippen LogP) is 7.55. The second-order valence-corrected chi connectivity index (χ2v) is 10.1. The van der Waals surface area contributed by atoms with Gasteiger partial charge >= 0.3 is 0 Å². The van der Waals surface area contributed by atoms with E-state index in [-0.39, 0.29) is 0 Å². The van der Waals surface area contributed by atoms with Crippen molar-refractivity contribution < 1.29 is 14.2 Å². The summed E-state index contributed by atoms with van der Waals surface area (Å²) < 4.78 is 17.7. The van der Waals surface area contributed by atoms with E-state index >= 15 is 0 Å². The Bertz CT molecular complexity index is 1420. The number of hydrogen-bond donors (Lipinski definition) is 0. The lowest BCUT2D eigenvalue weighted by Crippen LogP contribution is -2.30. The van der Waals surface area contributed by atoms with Crippen molar-refractivity contribution >= 4 is 0 Å². The number of nitrogens with zero attached hydrogens (tertiary/aromatic N) is 2. The number of benzene rings is 3. The van der Waals surface area contributed by atoms with Gasteiger partial charge in [-0.15, -0.1) is 0 Å². The molecule has 5 heteroatoms. The quantitative estimate of drug-likeness (QED) is 0.227. The molecule has 0 fully saturated rings. The zero-order chi connectivity index (χ0) is 27.4. The van der Waals surface area contributed by atoms with E-state index in [1.54, 1.807) is 14.2 Å². The Morgan fingerprint density at radius 3 is 2.08 bits per heavy atom. The number of fused-ring (bicyclic) bond motifs is 1. The van der Waals surface area contributed by atoms with Gasteiger partial charge in [-0.3, -0.25) is 9.88 Å². The van der Waals surface area contributed by atoms with Crippen LogP contribution in [-0.2, 0) is 32.4 Å². The molecule has 39 heavy (non-hydrogen) atoms. The van der Waals surface area contributed by atoms with Gasteiger partial charge in [0.05, 0.1) is 19.9 Å². The summed E-state index contributed by atoms with van der Waals surface area (Å²) in [6.45, 7) is 9.20. The van der Waals surface area contributed by atoms with Crippen LogP contribution in [-0.4, -0.2) is 30.6 Å². The zero-order valence-corrected chi connectivity index (χ0v) is 23.7. The van der Waals surface area contributed by atoms with Gasteiger partial charge in [-0.1, -0.05) is 56.3 Å². The van der Waals surface area contributed by atoms with Crippen LogP contribution in [0.3, 0.4) is 0 Å². The molecular weight excluding hydrogens is 484 g/mol. The minimum Gasteiger partial charge on any atom is -0.496 e. The molecule has 0 N–H and O–H groups in total. The van der Waals surface area contributed by atoms with Gasteiger partial charge in [0.25, 0.3) is 0 Å². The number of rotatable bonds is 9. The summed E-state index contributed by atoms with van der Waals surface area (Å²) in [5.41, 5.74) is 9.72. The smallest absolute Gasteiger partial charge is 0.135 e. The molecule has 0 spiro atoms. The molecule has 0 saturated heterocycles. The fourth-order valence-corrected chi connectivity index (χ4v) is 5.53. The van der Waals surface area contributed by atoms with Gasteiger partial charge in [-0.25, -0.2) is 0 Å². The van der Waals surface area contributed by atoms with Crippen LogP contribution in [0.5, 0.6) is 23.0 Å². The third-order valence-corrected chi connectivity index (χ3v) is 7.69. The molecule has 5 rings (SSSR count). The van der Waals surface area contributed by atoms with E-state index in [4.69, 9.17) is 19.2 Å². The van der Waals surface area contributed by atoms with Crippen LogP contribution < -0.4 is 14.2 Å². The fraction of sp³-hybridized carbons (Fsp3) is 0.324. The average Bonchev–Trinajstić information content (AvgIpc) is 2.97. The average molecular weight is 523 g/mol. The lowest BCUT2D eigenvalue weighted by molar-refractivity contribution is 0.242. The van der Waals surface area contributed by atoms with Crippen LogP contribution in [0.25, 0.3) is 11.3 Å². The molecule has 1 aliphatic heterocycles. The van der Waals surface area contributed by atoms with Crippen LogP contribution in [0.4, 0.5) is 0 Å². The normalized spacial score (nSPS) is 13.2. The van der Waals surface area contributed by atoms with E-state index in [1.807, 2.05) is 18.2 Å². The summed E-state index contributed by atoms with van der Waals surface area (Å²) in [5.74, 6) is 2.87. The van der Waals surface area contributed by atoms with E-state index in [0.29, 0.717) is 17.2 Å². The maximum absolute atomic E-state index is 6.67. The van der Waals surface area contributed by atoms with Gasteiger partial charge in [0.15, 0.2) is 0 Å². The van der Waals surface area contributed by atoms with E-state index in [0.717, 1.165) is 61.6 Å². The number of aromatic nitrogens is 1. The highest BCUT2D eigenvalue weighted by Crippen LogP contribution is 2.38. The van der Waals surface area contributed by atoms with Crippen molar-refractivity contribution in [2.75, 3.05) is 20.8 Å². The molecule has 3 aromatic carbocycles. The standard InChI is InChI=1S/C34H38N2O3/c1-6-24-13-10-14-25(7-2)34(24)32-20-33(39-30-18-28(37-4)17-29(19-30)38-5)31(23(3)35-32)22-36-16-15-26-11-8-9-12-27(26)21-36/h8-14,17-20H,6-7,15-16,21-22H2,1-5H3. The summed E-state index contributed by atoms with van der Waals surface area (Å²) in [7, 11) is 3.31. The first-order valence-corrected chi connectivity index (χ1v) is 13.8. The minimum atomic E-state index is 0.674. The first-order valence-electron chi connectivity index (χ1n) is 13.8. The Kier molecular flexibility index (Phi) is 8.18. The topological polar surface area (TPSA) is 43.8 Å². The first kappa shape index (κ1) is 26.8. The van der Waals surface area contributed by atoms with Gasteiger partial charge in [-0.2, -0.15) is 0 Å². The van der Waals surface area contributed by atoms with Crippen molar-refractivity contribution in [2.24, 2.45) is 0 Å². The molecule has 4 aromatic rings. The van der Waals surface area contributed by atoms with Crippen molar-refractivity contribution in [1.29, 1.82) is 0 Å². The van der Waals surface area contributed by atoms with E-state index in [2.05, 4.69) is 74.2 Å². The minimum absolute atomic E-state index is 0.674. The lowest BCUT2D eigenvalue weighted by atomic mass is 9.94. The number of methoxy groups -OCH3 is 2. The van der Waals surface area contributed by atoms with Crippen LogP contribution in [0.15, 0.2) is 66.7 Å². The Hall–Kier alpha value is -3.83. The Morgan fingerprint density at radius 2 is 1.44 bits per heavy atom. The highest BCUT2D eigenvalue weighted by Gasteiger charge is 2.22. The van der Waals surface area contributed by atoms with Gasteiger partial charge < -0.3 is 14.2 Å². The van der Waals surface area contributed by atoms with Gasteiger partial charge in [0, 0.05) is 60.7 Å². The molecular formula is C34H38N2O3. The second-order valence-electron chi connectivity index (χ2n) is 10.1. The van der Waals surface area contributed by atoms with Crippen LogP contribution in [0, 0.1) is 6.92 Å². The Labute approximate surface area is 232 Å². The lowest BCUT2D eigenvalue weighted by Gasteiger charge is -2.30. The third-order valence-electron chi connectivity index (χ3n) is 7.69. The Balaban J connectivity index is 1.59. The van der Waals surface area contributed by atoms with Crippen LogP contribution in [0.1, 0.15) is 47.4 Å². The zero-order valence-electron chi connectivity index (χ0n) is 23.7. The summed E-state index contributed by atoms with van der Waals surface area (Å²) >= 11 is 0. The molecule has 202 valence electrons. The summed E-state index contributed by atoms with van der Waals surface area (Å²) in [6, 6.07) is 23.1. The molecule has 0 amide bonds. The Morgan fingerprint density at radius 1 is 0.795 bits per heavy atom. The molecule has 1 aliphatic rings. The molecule has 0 aliphatic carbocycles. The fourth-order valence-electron chi connectivity index (χ4n) is 5.53. The van der Waals surface area contributed by atoms with E-state index < -0.39 is 0 Å². The molecule has 0 bridgehead atoms. The molecule has 0 unspecified atom stereocenters. The molecule has 0 atom stereocenters. The van der Waals surface area contributed by atoms with Crippen molar-refractivity contribution in [1.82, 2.24) is 9.88 Å². The summed E-state index contributed by atoms with van der Waals surface area (Å²) in [5, 5.41) is 0. The van der Waals surface area contributed by atoms with Crippen LogP contribution >= 0.6 is 0 Å². The highest BCUT2D eigenvalue weighted by atomic mass is 16.5. The second kappa shape index (κ2) is 11.9. The van der Waals surface area contributed by atoms with Crippen LogP contribution in [0.2, 0.25) is 0 Å². The maximum Gasteiger partial charge on any atom is 0.135 e. The number of pyridine rings is 1. The van der Waals surface area contributed by atoms with Gasteiger partial charge in [0.2, 0.25) is 0 Å². The summed E-state index contributed by atoms with van der Waals surface area (Å²) in [6.07, 6.45) is 2.94. The van der Waals surface area contributed by atoms with Crippen molar-refractivity contribution in [2.45, 2.75) is 53.1 Å². The first-order chi connectivity index (χ1) is 19.0. The number of aryl methyl sites for hydroxylation is 3. The van der Waals surface area contributed by atoms with Crippen molar-refractivity contribution in [3.8, 4) is 34.3 Å². The maximum atomic E-state index is 6.67. The monoisotopic (exact) mass is 522 g/mol. The molecule has 2 heterocycles. The summed E-state index contributed by atoms with van der Waals surface area (Å²) in [4.78, 5) is 7.67. The number of ether oxygens (including phenoxy) is 3. The molecule has 1 aromatic heterocycles. The third kappa shape index (κ3) is 5.79. The predicted molar refractivity (Wildman–Crippen MR) is 157 cm³/mol. The molecule has 0 radical (unpaired) electrons. The van der Waals surface area contributed by atoms with E-state index in [1.165, 1.54) is 27.8 Å². The highest BCUT2D eigenvalue weighted by molar-refractivity contribution is 5.70. The van der Waals surface area contributed by atoms with Crippen molar-refractivity contribution in [3.63, 3.8) is 0 Å². The molecule has 5 nitrogen and oxygen atoms in total. The number of hydrogen-bond acceptors (Lipinski definition) is 5. The largest absolute Gasteiger partial charge is 0.496 e. The van der Waals surface area contributed by atoms with Gasteiger partial charge in [-0.05, 0) is 48.4 Å².